The summed E-state index contributed by atoms with van der Waals surface area (Å²) in [7, 11) is 0. The Balaban J connectivity index is 1.74. The fraction of sp³-hybridized carbons (Fsp3) is 0.750. The fourth-order valence-corrected chi connectivity index (χ4v) is 3.71. The van der Waals surface area contributed by atoms with Crippen molar-refractivity contribution in [1.29, 1.82) is 0 Å². The number of rotatable bonds is 1. The van der Waals surface area contributed by atoms with Crippen LogP contribution in [0.25, 0.3) is 0 Å². The molecule has 0 aromatic carbocycles. The maximum atomic E-state index is 12.4. The molecule has 0 aromatic heterocycles. The maximum Gasteiger partial charge on any atom is 0.246 e. The molecular weight excluding hydrogens is 234 g/mol. The van der Waals surface area contributed by atoms with Crippen LogP contribution in [0.1, 0.15) is 19.3 Å². The summed E-state index contributed by atoms with van der Waals surface area (Å²) >= 11 is 0. The molecule has 3 aliphatic rings. The Morgan fingerprint density at radius 3 is 2.33 bits per heavy atom. The number of nitrogens with zero attached hydrogens (tertiary/aromatic N) is 1. The second kappa shape index (κ2) is 4.05. The van der Waals surface area contributed by atoms with Crippen molar-refractivity contribution in [3.63, 3.8) is 0 Å². The number of nitrogens with two attached hydrogens (primary N) is 1. The van der Waals surface area contributed by atoms with Gasteiger partial charge >= 0.3 is 0 Å². The summed E-state index contributed by atoms with van der Waals surface area (Å²) in [6, 6.07) is -0.101. The molecule has 2 saturated carbocycles. The van der Waals surface area contributed by atoms with E-state index in [4.69, 9.17) is 5.73 Å². The molecule has 4 unspecified atom stereocenters. The van der Waals surface area contributed by atoms with Gasteiger partial charge in [0.2, 0.25) is 17.7 Å². The van der Waals surface area contributed by atoms with Gasteiger partial charge in [0.25, 0.3) is 0 Å². The number of fused-ring (bicyclic) bond motifs is 2. The fourth-order valence-electron chi connectivity index (χ4n) is 3.71. The third-order valence-corrected chi connectivity index (χ3v) is 4.53. The number of imide groups is 1. The van der Waals surface area contributed by atoms with Crippen molar-refractivity contribution in [2.45, 2.75) is 25.3 Å². The van der Waals surface area contributed by atoms with Crippen molar-refractivity contribution in [3.05, 3.63) is 0 Å². The van der Waals surface area contributed by atoms with Gasteiger partial charge in [0.05, 0.1) is 5.92 Å². The largest absolute Gasteiger partial charge is 0.327 e. The van der Waals surface area contributed by atoms with Crippen molar-refractivity contribution < 1.29 is 14.4 Å². The lowest BCUT2D eigenvalue weighted by Gasteiger charge is -2.33. The lowest BCUT2D eigenvalue weighted by atomic mass is 9.84. The smallest absolute Gasteiger partial charge is 0.246 e. The second-order valence-electron chi connectivity index (χ2n) is 5.60. The van der Waals surface area contributed by atoms with Crippen LogP contribution in [0.3, 0.4) is 0 Å². The Labute approximate surface area is 105 Å². The van der Waals surface area contributed by atoms with Crippen molar-refractivity contribution in [1.82, 2.24) is 10.2 Å². The molecule has 0 radical (unpaired) electrons. The average Bonchev–Trinajstić information content (AvgIpc) is 2.87. The molecule has 1 heterocycles. The van der Waals surface area contributed by atoms with E-state index in [2.05, 4.69) is 5.32 Å². The number of piperazine rings is 1. The molecule has 4 atom stereocenters. The second-order valence-corrected chi connectivity index (χ2v) is 5.60. The van der Waals surface area contributed by atoms with Gasteiger partial charge in [-0.3, -0.25) is 19.7 Å². The van der Waals surface area contributed by atoms with Crippen LogP contribution in [0.5, 0.6) is 0 Å². The molecule has 2 aliphatic carbocycles. The van der Waals surface area contributed by atoms with Crippen molar-refractivity contribution in [2.75, 3.05) is 13.1 Å². The molecule has 98 valence electrons. The van der Waals surface area contributed by atoms with Crippen molar-refractivity contribution in [2.24, 2.45) is 23.5 Å². The van der Waals surface area contributed by atoms with Gasteiger partial charge in [0, 0.05) is 6.04 Å². The predicted molar refractivity (Wildman–Crippen MR) is 62.0 cm³/mol. The van der Waals surface area contributed by atoms with Gasteiger partial charge in [0.1, 0.15) is 13.1 Å². The van der Waals surface area contributed by atoms with E-state index in [0.29, 0.717) is 11.8 Å². The number of amides is 3. The topological polar surface area (TPSA) is 92.5 Å². The Morgan fingerprint density at radius 2 is 1.78 bits per heavy atom. The lowest BCUT2D eigenvalue weighted by molar-refractivity contribution is -0.148. The van der Waals surface area contributed by atoms with Crippen LogP contribution >= 0.6 is 0 Å². The SMILES string of the molecule is NC1C2CCC(C2)C1C(=O)N1CC(=O)NC(=O)C1. The molecule has 0 spiro atoms. The van der Waals surface area contributed by atoms with Gasteiger partial charge in [-0.1, -0.05) is 0 Å². The third-order valence-electron chi connectivity index (χ3n) is 4.53. The predicted octanol–water partition coefficient (Wildman–Crippen LogP) is -1.16. The molecule has 1 aliphatic heterocycles. The summed E-state index contributed by atoms with van der Waals surface area (Å²) in [6.45, 7) is -0.0453. The van der Waals surface area contributed by atoms with Crippen molar-refractivity contribution in [3.8, 4) is 0 Å². The Morgan fingerprint density at radius 1 is 1.17 bits per heavy atom. The van der Waals surface area contributed by atoms with Gasteiger partial charge in [0.15, 0.2) is 0 Å². The Hall–Kier alpha value is -1.43. The lowest BCUT2D eigenvalue weighted by Crippen LogP contribution is -2.57. The first-order chi connectivity index (χ1) is 8.56. The normalized spacial score (nSPS) is 39.1. The molecule has 3 N–H and O–H groups in total. The highest BCUT2D eigenvalue weighted by Gasteiger charge is 2.50. The zero-order chi connectivity index (χ0) is 12.9. The molecule has 3 fully saturated rings. The first-order valence-corrected chi connectivity index (χ1v) is 6.43. The molecule has 1 saturated heterocycles. The first kappa shape index (κ1) is 11.6. The molecule has 3 rings (SSSR count). The molecule has 2 bridgehead atoms. The molecule has 18 heavy (non-hydrogen) atoms. The minimum Gasteiger partial charge on any atom is -0.327 e. The van der Waals surface area contributed by atoms with Crippen LogP contribution in [-0.4, -0.2) is 41.8 Å². The van der Waals surface area contributed by atoms with E-state index < -0.39 is 11.8 Å². The van der Waals surface area contributed by atoms with E-state index in [9.17, 15) is 14.4 Å². The highest BCUT2D eigenvalue weighted by molar-refractivity contribution is 6.02. The third kappa shape index (κ3) is 1.71. The van der Waals surface area contributed by atoms with Crippen molar-refractivity contribution >= 4 is 17.7 Å². The monoisotopic (exact) mass is 251 g/mol. The van der Waals surface area contributed by atoms with E-state index in [0.717, 1.165) is 19.3 Å². The number of hydrogen-bond acceptors (Lipinski definition) is 4. The Kier molecular flexibility index (Phi) is 2.62. The van der Waals surface area contributed by atoms with Gasteiger partial charge in [-0.2, -0.15) is 0 Å². The number of carbonyl (C=O) groups is 3. The summed E-state index contributed by atoms with van der Waals surface area (Å²) < 4.78 is 0. The first-order valence-electron chi connectivity index (χ1n) is 6.43. The van der Waals surface area contributed by atoms with Gasteiger partial charge in [-0.25, -0.2) is 0 Å². The number of hydrogen-bond donors (Lipinski definition) is 2. The van der Waals surface area contributed by atoms with Crippen LogP contribution in [-0.2, 0) is 14.4 Å². The zero-order valence-corrected chi connectivity index (χ0v) is 10.1. The maximum absolute atomic E-state index is 12.4. The summed E-state index contributed by atoms with van der Waals surface area (Å²) in [5.41, 5.74) is 6.11. The highest BCUT2D eigenvalue weighted by Crippen LogP contribution is 2.48. The van der Waals surface area contributed by atoms with Crippen LogP contribution < -0.4 is 11.1 Å². The summed E-state index contributed by atoms with van der Waals surface area (Å²) in [6.07, 6.45) is 3.17. The molecular formula is C12H17N3O3. The number of nitrogens with one attached hydrogen (secondary N) is 1. The van der Waals surface area contributed by atoms with E-state index in [1.165, 1.54) is 4.90 Å². The van der Waals surface area contributed by atoms with E-state index in [-0.39, 0.29) is 31.0 Å². The minimum absolute atomic E-state index is 0.0226. The van der Waals surface area contributed by atoms with E-state index in [1.54, 1.807) is 0 Å². The van der Waals surface area contributed by atoms with Crippen LogP contribution in [0, 0.1) is 17.8 Å². The summed E-state index contributed by atoms with van der Waals surface area (Å²) in [5.74, 6) is -0.330. The van der Waals surface area contributed by atoms with Gasteiger partial charge in [-0.15, -0.1) is 0 Å². The minimum atomic E-state index is -0.406. The van der Waals surface area contributed by atoms with Crippen LogP contribution in [0.15, 0.2) is 0 Å². The molecule has 6 nitrogen and oxygen atoms in total. The summed E-state index contributed by atoms with van der Waals surface area (Å²) in [4.78, 5) is 36.3. The van der Waals surface area contributed by atoms with E-state index >= 15 is 0 Å². The highest BCUT2D eigenvalue weighted by atomic mass is 16.2. The average molecular weight is 251 g/mol. The Bertz CT molecular complexity index is 405. The molecule has 6 heteroatoms. The van der Waals surface area contributed by atoms with E-state index in [1.807, 2.05) is 0 Å². The standard InChI is InChI=1S/C12H17N3O3/c13-11-7-2-1-6(3-7)10(11)12(18)15-4-8(16)14-9(17)5-15/h6-7,10-11H,1-5,13H2,(H,14,16,17). The quantitative estimate of drug-likeness (QED) is 0.575. The molecule has 0 aromatic rings. The zero-order valence-electron chi connectivity index (χ0n) is 10.1. The molecule has 3 amide bonds. The number of carbonyl (C=O) groups excluding carboxylic acids is 3. The van der Waals surface area contributed by atoms with Gasteiger partial charge < -0.3 is 10.6 Å². The summed E-state index contributed by atoms with van der Waals surface area (Å²) in [5, 5.41) is 2.20. The van der Waals surface area contributed by atoms with Crippen LogP contribution in [0.2, 0.25) is 0 Å². The van der Waals surface area contributed by atoms with Crippen LogP contribution in [0.4, 0.5) is 0 Å². The van der Waals surface area contributed by atoms with Gasteiger partial charge in [-0.05, 0) is 31.1 Å².